The van der Waals surface area contributed by atoms with E-state index in [1.165, 1.54) is 4.90 Å². The standard InChI is InChI=1S/C28H35NO5/c1-17(2)20-7-9-21(10-8-20)25-24(27(31)28(32)29(25)15-16-33-18(3)4)26(30)22-11-13-23(14-12-22)34-19(5)6/h7-14,17-19,25,30H,15-16H2,1-6H3/b26-24-. The van der Waals surface area contributed by atoms with Crippen LogP contribution in [0.5, 0.6) is 5.75 Å². The molecule has 1 fully saturated rings. The summed E-state index contributed by atoms with van der Waals surface area (Å²) in [5.74, 6) is -0.501. The van der Waals surface area contributed by atoms with E-state index in [1.54, 1.807) is 24.3 Å². The van der Waals surface area contributed by atoms with Gasteiger partial charge in [0.25, 0.3) is 11.7 Å². The minimum Gasteiger partial charge on any atom is -0.507 e. The van der Waals surface area contributed by atoms with Gasteiger partial charge in [-0.25, -0.2) is 0 Å². The third kappa shape index (κ3) is 5.68. The van der Waals surface area contributed by atoms with E-state index in [1.807, 2.05) is 52.0 Å². The van der Waals surface area contributed by atoms with E-state index in [0.29, 0.717) is 23.8 Å². The van der Waals surface area contributed by atoms with Crippen molar-refractivity contribution in [3.63, 3.8) is 0 Å². The van der Waals surface area contributed by atoms with E-state index in [2.05, 4.69) is 13.8 Å². The number of carbonyl (C=O) groups excluding carboxylic acids is 2. The number of rotatable bonds is 9. The Bertz CT molecular complexity index is 1040. The van der Waals surface area contributed by atoms with Gasteiger partial charge in [-0.1, -0.05) is 38.1 Å². The molecule has 1 unspecified atom stereocenters. The second-order valence-corrected chi connectivity index (χ2v) is 9.42. The molecule has 2 aromatic carbocycles. The van der Waals surface area contributed by atoms with Gasteiger partial charge in [-0.2, -0.15) is 0 Å². The zero-order valence-electron chi connectivity index (χ0n) is 20.9. The number of likely N-dealkylation sites (tertiary alicyclic amines) is 1. The molecule has 6 nitrogen and oxygen atoms in total. The Morgan fingerprint density at radius 2 is 1.53 bits per heavy atom. The zero-order valence-corrected chi connectivity index (χ0v) is 20.9. The van der Waals surface area contributed by atoms with E-state index in [9.17, 15) is 14.7 Å². The summed E-state index contributed by atoms with van der Waals surface area (Å²) in [5, 5.41) is 11.2. The highest BCUT2D eigenvalue weighted by molar-refractivity contribution is 6.46. The fraction of sp³-hybridized carbons (Fsp3) is 0.429. The van der Waals surface area contributed by atoms with Gasteiger partial charge in [0.05, 0.1) is 30.4 Å². The lowest BCUT2D eigenvalue weighted by molar-refractivity contribution is -0.140. The first-order chi connectivity index (χ1) is 16.1. The third-order valence-corrected chi connectivity index (χ3v) is 5.74. The summed E-state index contributed by atoms with van der Waals surface area (Å²) in [7, 11) is 0. The molecule has 0 saturated carbocycles. The van der Waals surface area contributed by atoms with Crippen LogP contribution in [0.4, 0.5) is 0 Å². The SMILES string of the molecule is CC(C)OCCN1C(=O)C(=O)/C(=C(\O)c2ccc(OC(C)C)cc2)C1c1ccc(C(C)C)cc1. The van der Waals surface area contributed by atoms with Crippen molar-refractivity contribution in [1.29, 1.82) is 0 Å². The number of Topliss-reactive ketones (excluding diaryl/α,β-unsaturated/α-hetero) is 1. The van der Waals surface area contributed by atoms with Crippen LogP contribution in [0, 0.1) is 0 Å². The van der Waals surface area contributed by atoms with Crippen molar-refractivity contribution in [2.75, 3.05) is 13.2 Å². The van der Waals surface area contributed by atoms with Crippen molar-refractivity contribution >= 4 is 17.4 Å². The third-order valence-electron chi connectivity index (χ3n) is 5.74. The van der Waals surface area contributed by atoms with Crippen LogP contribution < -0.4 is 4.74 Å². The molecule has 34 heavy (non-hydrogen) atoms. The number of benzene rings is 2. The van der Waals surface area contributed by atoms with Crippen molar-refractivity contribution in [2.45, 2.75) is 65.7 Å². The summed E-state index contributed by atoms with van der Waals surface area (Å²) in [6.45, 7) is 12.5. The van der Waals surface area contributed by atoms with Gasteiger partial charge in [0, 0.05) is 12.1 Å². The summed E-state index contributed by atoms with van der Waals surface area (Å²) < 4.78 is 11.3. The highest BCUT2D eigenvalue weighted by Crippen LogP contribution is 2.39. The number of hydrogen-bond donors (Lipinski definition) is 1. The number of aliphatic hydroxyl groups excluding tert-OH is 1. The summed E-state index contributed by atoms with van der Waals surface area (Å²) in [5.41, 5.74) is 2.47. The number of nitrogens with zero attached hydrogens (tertiary/aromatic N) is 1. The summed E-state index contributed by atoms with van der Waals surface area (Å²) >= 11 is 0. The monoisotopic (exact) mass is 465 g/mol. The lowest BCUT2D eigenvalue weighted by Crippen LogP contribution is -2.33. The number of aliphatic hydroxyl groups is 1. The first kappa shape index (κ1) is 25.5. The maximum absolute atomic E-state index is 13.1. The lowest BCUT2D eigenvalue weighted by atomic mass is 9.93. The highest BCUT2D eigenvalue weighted by atomic mass is 16.5. The van der Waals surface area contributed by atoms with Crippen LogP contribution in [0.25, 0.3) is 5.76 Å². The Hall–Kier alpha value is -3.12. The van der Waals surface area contributed by atoms with Crippen LogP contribution in [0.15, 0.2) is 54.1 Å². The molecular formula is C28H35NO5. The fourth-order valence-electron chi connectivity index (χ4n) is 4.03. The molecule has 1 heterocycles. The van der Waals surface area contributed by atoms with Gasteiger partial charge in [0.1, 0.15) is 11.5 Å². The van der Waals surface area contributed by atoms with Gasteiger partial charge < -0.3 is 19.5 Å². The molecule has 0 aromatic heterocycles. The van der Waals surface area contributed by atoms with E-state index in [-0.39, 0.29) is 30.1 Å². The van der Waals surface area contributed by atoms with Gasteiger partial charge in [-0.05, 0) is 69.0 Å². The molecule has 1 N–H and O–H groups in total. The van der Waals surface area contributed by atoms with Gasteiger partial charge in [0.2, 0.25) is 0 Å². The molecule has 0 bridgehead atoms. The van der Waals surface area contributed by atoms with E-state index < -0.39 is 17.7 Å². The molecule has 1 saturated heterocycles. The molecule has 0 spiro atoms. The maximum Gasteiger partial charge on any atom is 0.295 e. The van der Waals surface area contributed by atoms with Crippen LogP contribution in [0.1, 0.15) is 70.2 Å². The van der Waals surface area contributed by atoms with Crippen LogP contribution in [0.3, 0.4) is 0 Å². The van der Waals surface area contributed by atoms with Crippen molar-refractivity contribution in [3.05, 3.63) is 70.8 Å². The minimum absolute atomic E-state index is 0.00664. The second-order valence-electron chi connectivity index (χ2n) is 9.42. The van der Waals surface area contributed by atoms with Crippen molar-refractivity contribution in [3.8, 4) is 5.75 Å². The molecule has 0 aliphatic carbocycles. The number of ether oxygens (including phenoxy) is 2. The quantitative estimate of drug-likeness (QED) is 0.303. The second kappa shape index (κ2) is 10.9. The van der Waals surface area contributed by atoms with Gasteiger partial charge >= 0.3 is 0 Å². The average Bonchev–Trinajstić information content (AvgIpc) is 3.03. The number of amides is 1. The predicted molar refractivity (Wildman–Crippen MR) is 133 cm³/mol. The zero-order chi connectivity index (χ0) is 25.0. The topological polar surface area (TPSA) is 76.1 Å². The molecular weight excluding hydrogens is 430 g/mol. The van der Waals surface area contributed by atoms with E-state index in [4.69, 9.17) is 9.47 Å². The Balaban J connectivity index is 2.04. The van der Waals surface area contributed by atoms with Crippen LogP contribution in [0.2, 0.25) is 0 Å². The molecule has 6 heteroatoms. The smallest absolute Gasteiger partial charge is 0.295 e. The normalized spacial score (nSPS) is 17.9. The molecule has 1 atom stereocenters. The fourth-order valence-corrected chi connectivity index (χ4v) is 4.03. The van der Waals surface area contributed by atoms with Gasteiger partial charge in [-0.15, -0.1) is 0 Å². The Morgan fingerprint density at radius 1 is 0.912 bits per heavy atom. The van der Waals surface area contributed by atoms with Gasteiger partial charge in [0.15, 0.2) is 0 Å². The van der Waals surface area contributed by atoms with E-state index in [0.717, 1.165) is 11.1 Å². The molecule has 0 radical (unpaired) electrons. The number of ketones is 1. The summed E-state index contributed by atoms with van der Waals surface area (Å²) in [6, 6.07) is 14.0. The Morgan fingerprint density at radius 3 is 2.06 bits per heavy atom. The van der Waals surface area contributed by atoms with Crippen molar-refractivity contribution in [1.82, 2.24) is 4.90 Å². The van der Waals surface area contributed by atoms with Crippen LogP contribution in [-0.4, -0.2) is 47.1 Å². The summed E-state index contributed by atoms with van der Waals surface area (Å²) in [6.07, 6.45) is 0.0267. The highest BCUT2D eigenvalue weighted by Gasteiger charge is 2.45. The van der Waals surface area contributed by atoms with E-state index >= 15 is 0 Å². The maximum atomic E-state index is 13.1. The predicted octanol–water partition coefficient (Wildman–Crippen LogP) is 5.44. The largest absolute Gasteiger partial charge is 0.507 e. The van der Waals surface area contributed by atoms with Crippen molar-refractivity contribution < 1.29 is 24.2 Å². The summed E-state index contributed by atoms with van der Waals surface area (Å²) in [4.78, 5) is 27.6. The molecule has 2 aromatic rings. The Labute approximate surface area is 202 Å². The molecule has 182 valence electrons. The molecule has 3 rings (SSSR count). The molecule has 1 aliphatic heterocycles. The minimum atomic E-state index is -0.692. The first-order valence-corrected chi connectivity index (χ1v) is 11.9. The average molecular weight is 466 g/mol. The van der Waals surface area contributed by atoms with Gasteiger partial charge in [-0.3, -0.25) is 9.59 Å². The van der Waals surface area contributed by atoms with Crippen LogP contribution in [-0.2, 0) is 14.3 Å². The first-order valence-electron chi connectivity index (χ1n) is 11.9. The van der Waals surface area contributed by atoms with Crippen LogP contribution >= 0.6 is 0 Å². The molecule has 1 amide bonds. The number of carbonyl (C=O) groups is 2. The molecule has 1 aliphatic rings. The Kier molecular flexibility index (Phi) is 8.15. The lowest BCUT2D eigenvalue weighted by Gasteiger charge is -2.26. The number of hydrogen-bond acceptors (Lipinski definition) is 5. The van der Waals surface area contributed by atoms with Crippen molar-refractivity contribution in [2.24, 2.45) is 0 Å².